The molecular weight excluding hydrogens is 247 g/mol. The van der Waals surface area contributed by atoms with Crippen molar-refractivity contribution in [2.45, 2.75) is 0 Å². The van der Waals surface area contributed by atoms with Gasteiger partial charge in [0.15, 0.2) is 5.69 Å². The Hall–Kier alpha value is -0.590. The second-order valence-corrected chi connectivity index (χ2v) is 2.62. The summed E-state index contributed by atoms with van der Waals surface area (Å²) in [4.78, 5) is 14.6. The van der Waals surface area contributed by atoms with E-state index in [0.29, 0.717) is 5.69 Å². The molecule has 54 valence electrons. The summed E-state index contributed by atoms with van der Waals surface area (Å²) in [5.74, 6) is -0.369. The molecule has 0 aromatic carbocycles. The molecule has 0 N–H and O–H groups in total. The Labute approximate surface area is 71.7 Å². The van der Waals surface area contributed by atoms with Gasteiger partial charge < -0.3 is 4.74 Å². The normalized spacial score (nSPS) is 9.40. The van der Waals surface area contributed by atoms with E-state index in [2.05, 4.69) is 9.72 Å². The molecule has 4 nitrogen and oxygen atoms in total. The number of esters is 1. The number of imidazole rings is 1. The van der Waals surface area contributed by atoms with Crippen LogP contribution in [0.4, 0.5) is 0 Å². The van der Waals surface area contributed by atoms with E-state index in [9.17, 15) is 4.79 Å². The van der Waals surface area contributed by atoms with Crippen molar-refractivity contribution < 1.29 is 9.53 Å². The van der Waals surface area contributed by atoms with Gasteiger partial charge >= 0.3 is 5.97 Å². The number of nitrogens with zero attached hydrogens (tertiary/aromatic N) is 2. The van der Waals surface area contributed by atoms with E-state index in [0.717, 1.165) is 0 Å². The van der Waals surface area contributed by atoms with Gasteiger partial charge in [-0.05, 0) is 0 Å². The molecule has 0 unspecified atom stereocenters. The van der Waals surface area contributed by atoms with Crippen LogP contribution >= 0.6 is 22.9 Å². The maximum atomic E-state index is 10.8. The van der Waals surface area contributed by atoms with Gasteiger partial charge in [0.1, 0.15) is 6.33 Å². The van der Waals surface area contributed by atoms with Crippen molar-refractivity contribution in [2.75, 3.05) is 7.11 Å². The third kappa shape index (κ3) is 1.28. The molecule has 0 saturated heterocycles. The zero-order valence-corrected chi connectivity index (χ0v) is 7.40. The summed E-state index contributed by atoms with van der Waals surface area (Å²) in [5, 5.41) is 0. The second kappa shape index (κ2) is 3.00. The summed E-state index contributed by atoms with van der Waals surface area (Å²) < 4.78 is 6.04. The van der Waals surface area contributed by atoms with Gasteiger partial charge in [-0.15, -0.1) is 0 Å². The minimum absolute atomic E-state index is 0.369. The highest BCUT2D eigenvalue weighted by Gasteiger charge is 2.08. The number of carbonyl (C=O) groups excluding carboxylic acids is 1. The van der Waals surface area contributed by atoms with Crippen molar-refractivity contribution in [3.63, 3.8) is 0 Å². The Kier molecular flexibility index (Phi) is 2.25. The van der Waals surface area contributed by atoms with Crippen LogP contribution in [-0.4, -0.2) is 20.8 Å². The fourth-order valence-corrected chi connectivity index (χ4v) is 0.990. The van der Waals surface area contributed by atoms with Gasteiger partial charge in [-0.3, -0.25) is 2.78 Å². The highest BCUT2D eigenvalue weighted by atomic mass is 127. The summed E-state index contributed by atoms with van der Waals surface area (Å²) in [6.07, 6.45) is 2.99. The zero-order chi connectivity index (χ0) is 7.56. The fraction of sp³-hybridized carbons (Fsp3) is 0.200. The molecular formula is C5H5IN2O2. The average Bonchev–Trinajstić information content (AvgIpc) is 2.34. The number of halogens is 1. The van der Waals surface area contributed by atoms with Crippen molar-refractivity contribution in [1.29, 1.82) is 0 Å². The molecule has 0 aliphatic rings. The van der Waals surface area contributed by atoms with Crippen LogP contribution in [0.25, 0.3) is 0 Å². The molecule has 0 spiro atoms. The molecule has 0 amide bonds. The monoisotopic (exact) mass is 252 g/mol. The lowest BCUT2D eigenvalue weighted by atomic mass is 10.5. The molecule has 1 aromatic rings. The molecule has 0 atom stereocenters. The molecule has 0 aliphatic carbocycles. The lowest BCUT2D eigenvalue weighted by Gasteiger charge is -1.95. The third-order valence-electron chi connectivity index (χ3n) is 0.990. The number of rotatable bonds is 1. The second-order valence-electron chi connectivity index (χ2n) is 1.58. The van der Waals surface area contributed by atoms with E-state index in [-0.39, 0.29) is 5.97 Å². The van der Waals surface area contributed by atoms with Gasteiger partial charge in [0.2, 0.25) is 0 Å². The van der Waals surface area contributed by atoms with E-state index in [1.165, 1.54) is 19.6 Å². The molecule has 0 fully saturated rings. The van der Waals surface area contributed by atoms with E-state index in [1.54, 1.807) is 2.78 Å². The van der Waals surface area contributed by atoms with Crippen LogP contribution in [0, 0.1) is 0 Å². The molecule has 0 bridgehead atoms. The first-order chi connectivity index (χ1) is 4.75. The molecule has 0 aliphatic heterocycles. The standard InChI is InChI=1S/C5H5IN2O2/c1-10-5(9)4-2-7-3-8(4)6/h2-3H,1H3. The van der Waals surface area contributed by atoms with Gasteiger partial charge in [0, 0.05) is 0 Å². The molecule has 5 heteroatoms. The Balaban J connectivity index is 2.93. The highest BCUT2D eigenvalue weighted by Crippen LogP contribution is 2.03. The SMILES string of the molecule is COC(=O)c1cncn1I. The summed E-state index contributed by atoms with van der Waals surface area (Å²) in [5.41, 5.74) is 0.447. The minimum atomic E-state index is -0.369. The number of ether oxygens (including phenoxy) is 1. The highest BCUT2D eigenvalue weighted by molar-refractivity contribution is 14.1. The van der Waals surface area contributed by atoms with E-state index >= 15 is 0 Å². The first-order valence-electron chi connectivity index (χ1n) is 2.52. The quantitative estimate of drug-likeness (QED) is 0.550. The van der Waals surface area contributed by atoms with Crippen LogP contribution < -0.4 is 0 Å². The minimum Gasteiger partial charge on any atom is -0.464 e. The maximum Gasteiger partial charge on any atom is 0.357 e. The van der Waals surface area contributed by atoms with Crippen molar-refractivity contribution >= 4 is 28.8 Å². The van der Waals surface area contributed by atoms with Crippen LogP contribution in [0.3, 0.4) is 0 Å². The lowest BCUT2D eigenvalue weighted by Crippen LogP contribution is -2.03. The van der Waals surface area contributed by atoms with Crippen LogP contribution in [-0.2, 0) is 4.74 Å². The smallest absolute Gasteiger partial charge is 0.357 e. The third-order valence-corrected chi connectivity index (χ3v) is 1.76. The number of aromatic nitrogens is 2. The van der Waals surface area contributed by atoms with Crippen LogP contribution in [0.2, 0.25) is 0 Å². The van der Waals surface area contributed by atoms with Gasteiger partial charge in [-0.25, -0.2) is 9.78 Å². The van der Waals surface area contributed by atoms with Gasteiger partial charge in [-0.2, -0.15) is 0 Å². The first-order valence-corrected chi connectivity index (χ1v) is 3.49. The van der Waals surface area contributed by atoms with E-state index in [1.807, 2.05) is 22.9 Å². The van der Waals surface area contributed by atoms with Crippen LogP contribution in [0.1, 0.15) is 10.5 Å². The molecule has 1 rings (SSSR count). The first kappa shape index (κ1) is 7.52. The number of methoxy groups -OCH3 is 1. The van der Waals surface area contributed by atoms with Crippen molar-refractivity contribution in [2.24, 2.45) is 0 Å². The molecule has 0 saturated carbocycles. The van der Waals surface area contributed by atoms with Crippen molar-refractivity contribution in [3.8, 4) is 0 Å². The lowest BCUT2D eigenvalue weighted by molar-refractivity contribution is 0.0594. The Bertz CT molecular complexity index is 246. The summed E-state index contributed by atoms with van der Waals surface area (Å²) in [7, 11) is 1.34. The predicted molar refractivity (Wildman–Crippen MR) is 43.0 cm³/mol. The maximum absolute atomic E-state index is 10.8. The fourth-order valence-electron chi connectivity index (χ4n) is 0.524. The van der Waals surface area contributed by atoms with E-state index in [4.69, 9.17) is 0 Å². The van der Waals surface area contributed by atoms with Crippen molar-refractivity contribution in [1.82, 2.24) is 7.76 Å². The summed E-state index contributed by atoms with van der Waals surface area (Å²) in [6.45, 7) is 0. The van der Waals surface area contributed by atoms with Gasteiger partial charge in [0.05, 0.1) is 36.2 Å². The number of carbonyl (C=O) groups is 1. The van der Waals surface area contributed by atoms with Gasteiger partial charge in [0.25, 0.3) is 0 Å². The topological polar surface area (TPSA) is 44.1 Å². The predicted octanol–water partition coefficient (Wildman–Crippen LogP) is 0.868. The van der Waals surface area contributed by atoms with Gasteiger partial charge in [-0.1, -0.05) is 0 Å². The van der Waals surface area contributed by atoms with Crippen LogP contribution in [0.15, 0.2) is 12.5 Å². The zero-order valence-electron chi connectivity index (χ0n) is 5.24. The Morgan fingerprint density at radius 1 is 1.90 bits per heavy atom. The van der Waals surface area contributed by atoms with Crippen molar-refractivity contribution in [3.05, 3.63) is 18.2 Å². The molecule has 1 aromatic heterocycles. The molecule has 10 heavy (non-hydrogen) atoms. The summed E-state index contributed by atoms with van der Waals surface area (Å²) in [6, 6.07) is 0. The summed E-state index contributed by atoms with van der Waals surface area (Å²) >= 11 is 1.95. The Morgan fingerprint density at radius 2 is 2.60 bits per heavy atom. The number of hydrogen-bond donors (Lipinski definition) is 0. The molecule has 1 heterocycles. The van der Waals surface area contributed by atoms with Crippen LogP contribution in [0.5, 0.6) is 0 Å². The Morgan fingerprint density at radius 3 is 3.00 bits per heavy atom. The van der Waals surface area contributed by atoms with E-state index < -0.39 is 0 Å². The number of hydrogen-bond acceptors (Lipinski definition) is 3. The average molecular weight is 252 g/mol. The molecule has 0 radical (unpaired) electrons. The largest absolute Gasteiger partial charge is 0.464 e.